The Morgan fingerprint density at radius 1 is 0.739 bits per heavy atom. The number of hydrogen-bond acceptors (Lipinski definition) is 2. The quantitative estimate of drug-likeness (QED) is 0.548. The summed E-state index contributed by atoms with van der Waals surface area (Å²) in [5.41, 5.74) is 2.48. The lowest BCUT2D eigenvalue weighted by Gasteiger charge is -2.16. The van der Waals surface area contributed by atoms with Crippen molar-refractivity contribution in [2.75, 3.05) is 5.32 Å². The molecule has 3 aromatic carbocycles. The minimum Gasteiger partial charge on any atom is -0.380 e. The molecule has 0 amide bonds. The van der Waals surface area contributed by atoms with E-state index in [4.69, 9.17) is 0 Å². The molecule has 0 aliphatic carbocycles. The second-order valence-corrected chi connectivity index (χ2v) is 5.14. The summed E-state index contributed by atoms with van der Waals surface area (Å²) in [6.07, 6.45) is -0.823. The number of aliphatic hydroxyl groups is 1. The van der Waals surface area contributed by atoms with Crippen molar-refractivity contribution >= 4 is 17.2 Å². The van der Waals surface area contributed by atoms with E-state index >= 15 is 0 Å². The second kappa shape index (κ2) is 7.38. The summed E-state index contributed by atoms with van der Waals surface area (Å²) in [4.78, 5) is 4.59. The zero-order valence-electron chi connectivity index (χ0n) is 12.6. The van der Waals surface area contributed by atoms with Crippen LogP contribution in [0.15, 0.2) is 96.0 Å². The molecule has 3 rings (SSSR count). The minimum absolute atomic E-state index is 0.494. The van der Waals surface area contributed by atoms with Crippen LogP contribution in [0.1, 0.15) is 11.7 Å². The summed E-state index contributed by atoms with van der Waals surface area (Å²) in [7, 11) is 0. The molecule has 3 heteroatoms. The predicted molar refractivity (Wildman–Crippen MR) is 95.0 cm³/mol. The molecule has 3 aromatic rings. The molecule has 0 saturated heterocycles. The van der Waals surface area contributed by atoms with E-state index in [1.807, 2.05) is 91.0 Å². The van der Waals surface area contributed by atoms with Crippen LogP contribution in [-0.2, 0) is 0 Å². The van der Waals surface area contributed by atoms with Gasteiger partial charge in [-0.15, -0.1) is 0 Å². The van der Waals surface area contributed by atoms with E-state index < -0.39 is 6.10 Å². The maximum atomic E-state index is 10.7. The Hall–Kier alpha value is -2.91. The molecule has 0 spiro atoms. The molecule has 0 bridgehead atoms. The van der Waals surface area contributed by atoms with Crippen LogP contribution in [0.4, 0.5) is 11.4 Å². The van der Waals surface area contributed by atoms with E-state index in [-0.39, 0.29) is 0 Å². The average molecular weight is 302 g/mol. The maximum Gasteiger partial charge on any atom is 0.140 e. The van der Waals surface area contributed by atoms with Gasteiger partial charge in [0.05, 0.1) is 5.69 Å². The van der Waals surface area contributed by atoms with Gasteiger partial charge in [0.15, 0.2) is 0 Å². The summed E-state index contributed by atoms with van der Waals surface area (Å²) < 4.78 is 0. The van der Waals surface area contributed by atoms with Crippen molar-refractivity contribution in [3.63, 3.8) is 0 Å². The maximum absolute atomic E-state index is 10.7. The monoisotopic (exact) mass is 302 g/mol. The standard InChI is InChI=1S/C20H18N2O/c23-19(16-10-4-1-5-11-16)20(21-17-12-6-2-7-13-17)22-18-14-8-3-9-15-18/h1-15,19,23H,(H,21,22). The Morgan fingerprint density at radius 2 is 1.26 bits per heavy atom. The SMILES string of the molecule is OC(C(=Nc1ccccc1)Nc1ccccc1)c1ccccc1. The largest absolute Gasteiger partial charge is 0.380 e. The zero-order chi connectivity index (χ0) is 15.9. The van der Waals surface area contributed by atoms with Crippen molar-refractivity contribution in [1.29, 1.82) is 0 Å². The number of aliphatic hydroxyl groups excluding tert-OH is 1. The lowest BCUT2D eigenvalue weighted by Crippen LogP contribution is -2.21. The number of hydrogen-bond donors (Lipinski definition) is 2. The summed E-state index contributed by atoms with van der Waals surface area (Å²) in [6, 6.07) is 28.8. The van der Waals surface area contributed by atoms with E-state index in [1.54, 1.807) is 0 Å². The van der Waals surface area contributed by atoms with E-state index in [1.165, 1.54) is 0 Å². The number of anilines is 1. The molecule has 2 N–H and O–H groups in total. The van der Waals surface area contributed by atoms with Crippen molar-refractivity contribution in [1.82, 2.24) is 0 Å². The highest BCUT2D eigenvalue weighted by Crippen LogP contribution is 2.20. The van der Waals surface area contributed by atoms with E-state index in [0.29, 0.717) is 5.84 Å². The number of para-hydroxylation sites is 2. The zero-order valence-corrected chi connectivity index (χ0v) is 12.6. The fourth-order valence-corrected chi connectivity index (χ4v) is 2.26. The third kappa shape index (κ3) is 4.05. The molecule has 0 aromatic heterocycles. The molecule has 0 radical (unpaired) electrons. The predicted octanol–water partition coefficient (Wildman–Crippen LogP) is 4.56. The van der Waals surface area contributed by atoms with Crippen LogP contribution in [0.25, 0.3) is 0 Å². The third-order valence-electron chi connectivity index (χ3n) is 3.43. The fourth-order valence-electron chi connectivity index (χ4n) is 2.26. The summed E-state index contributed by atoms with van der Waals surface area (Å²) in [6.45, 7) is 0. The number of benzene rings is 3. The number of nitrogens with zero attached hydrogens (tertiary/aromatic N) is 1. The Morgan fingerprint density at radius 3 is 1.87 bits per heavy atom. The highest BCUT2D eigenvalue weighted by atomic mass is 16.3. The van der Waals surface area contributed by atoms with E-state index in [9.17, 15) is 5.11 Å². The molecule has 23 heavy (non-hydrogen) atoms. The van der Waals surface area contributed by atoms with Crippen LogP contribution in [0.3, 0.4) is 0 Å². The molecule has 1 atom stereocenters. The third-order valence-corrected chi connectivity index (χ3v) is 3.43. The van der Waals surface area contributed by atoms with Crippen molar-refractivity contribution in [2.24, 2.45) is 4.99 Å². The number of nitrogens with one attached hydrogen (secondary N) is 1. The van der Waals surface area contributed by atoms with Gasteiger partial charge in [0, 0.05) is 5.69 Å². The first-order valence-electron chi connectivity index (χ1n) is 7.51. The van der Waals surface area contributed by atoms with Crippen LogP contribution >= 0.6 is 0 Å². The molecule has 0 saturated carbocycles. The first-order chi connectivity index (χ1) is 11.3. The Balaban J connectivity index is 1.94. The number of aliphatic imine (C=N–C) groups is 1. The van der Waals surface area contributed by atoms with Crippen molar-refractivity contribution in [3.05, 3.63) is 96.6 Å². The van der Waals surface area contributed by atoms with Crippen molar-refractivity contribution < 1.29 is 5.11 Å². The molecule has 0 aliphatic rings. The van der Waals surface area contributed by atoms with Gasteiger partial charge in [-0.2, -0.15) is 0 Å². The Labute approximate surface area is 136 Å². The lowest BCUT2D eigenvalue weighted by atomic mass is 10.1. The smallest absolute Gasteiger partial charge is 0.140 e. The average Bonchev–Trinajstić information content (AvgIpc) is 2.63. The summed E-state index contributed by atoms with van der Waals surface area (Å²) >= 11 is 0. The van der Waals surface area contributed by atoms with Gasteiger partial charge in [-0.1, -0.05) is 66.7 Å². The summed E-state index contributed by atoms with van der Waals surface area (Å²) in [5.74, 6) is 0.494. The van der Waals surface area contributed by atoms with Crippen LogP contribution in [0.2, 0.25) is 0 Å². The van der Waals surface area contributed by atoms with Gasteiger partial charge in [-0.25, -0.2) is 4.99 Å². The molecule has 0 aliphatic heterocycles. The van der Waals surface area contributed by atoms with Gasteiger partial charge in [-0.3, -0.25) is 0 Å². The lowest BCUT2D eigenvalue weighted by molar-refractivity contribution is 0.247. The fraction of sp³-hybridized carbons (Fsp3) is 0.0500. The van der Waals surface area contributed by atoms with Crippen LogP contribution in [0.5, 0.6) is 0 Å². The van der Waals surface area contributed by atoms with Gasteiger partial charge in [-0.05, 0) is 29.8 Å². The number of amidine groups is 1. The van der Waals surface area contributed by atoms with Gasteiger partial charge in [0.2, 0.25) is 0 Å². The topological polar surface area (TPSA) is 44.6 Å². The van der Waals surface area contributed by atoms with Crippen molar-refractivity contribution in [3.8, 4) is 0 Å². The Kier molecular flexibility index (Phi) is 4.82. The molecular weight excluding hydrogens is 284 g/mol. The molecule has 3 nitrogen and oxygen atoms in total. The van der Waals surface area contributed by atoms with Crippen LogP contribution < -0.4 is 5.32 Å². The van der Waals surface area contributed by atoms with Gasteiger partial charge in [0.1, 0.15) is 11.9 Å². The van der Waals surface area contributed by atoms with Gasteiger partial charge < -0.3 is 10.4 Å². The first-order valence-corrected chi connectivity index (χ1v) is 7.51. The van der Waals surface area contributed by atoms with Gasteiger partial charge in [0.25, 0.3) is 0 Å². The van der Waals surface area contributed by atoms with Crippen LogP contribution in [0, 0.1) is 0 Å². The summed E-state index contributed by atoms with van der Waals surface area (Å²) in [5, 5.41) is 13.9. The van der Waals surface area contributed by atoms with E-state index in [0.717, 1.165) is 16.9 Å². The first kappa shape index (κ1) is 15.0. The second-order valence-electron chi connectivity index (χ2n) is 5.14. The normalized spacial score (nSPS) is 12.7. The molecule has 1 unspecified atom stereocenters. The highest BCUT2D eigenvalue weighted by Gasteiger charge is 2.15. The number of rotatable bonds is 4. The Bertz CT molecular complexity index is 755. The molecule has 0 heterocycles. The molecule has 0 fully saturated rings. The van der Waals surface area contributed by atoms with Crippen molar-refractivity contribution in [2.45, 2.75) is 6.10 Å². The molecule has 114 valence electrons. The minimum atomic E-state index is -0.823. The highest BCUT2D eigenvalue weighted by molar-refractivity contribution is 6.00. The van der Waals surface area contributed by atoms with Gasteiger partial charge >= 0.3 is 0 Å². The van der Waals surface area contributed by atoms with Crippen LogP contribution in [-0.4, -0.2) is 10.9 Å². The van der Waals surface area contributed by atoms with E-state index in [2.05, 4.69) is 10.3 Å². The molecular formula is C20H18N2O.